The van der Waals surface area contributed by atoms with E-state index in [0.29, 0.717) is 24.4 Å². The first-order chi connectivity index (χ1) is 5.25. The van der Waals surface area contributed by atoms with Crippen LogP contribution < -0.4 is 5.48 Å². The molecule has 0 fully saturated rings. The summed E-state index contributed by atoms with van der Waals surface area (Å²) in [4.78, 5) is 10.9. The molecule has 4 heteroatoms. The van der Waals surface area contributed by atoms with Crippen molar-refractivity contribution < 1.29 is 14.7 Å². The van der Waals surface area contributed by atoms with Gasteiger partial charge in [-0.05, 0) is 19.8 Å². The summed E-state index contributed by atoms with van der Waals surface area (Å²) >= 11 is 0. The van der Waals surface area contributed by atoms with Gasteiger partial charge in [0.05, 0.1) is 12.2 Å². The van der Waals surface area contributed by atoms with Gasteiger partial charge >= 0.3 is 0 Å². The van der Waals surface area contributed by atoms with Gasteiger partial charge in [-0.25, -0.2) is 5.48 Å². The van der Waals surface area contributed by atoms with E-state index in [1.807, 2.05) is 0 Å². The number of hydroxylamine groups is 1. The Labute approximate surface area is 64.8 Å². The van der Waals surface area contributed by atoms with Crippen molar-refractivity contribution in [2.24, 2.45) is 0 Å². The number of ether oxygens (including phenoxy) is 1. The molecule has 4 nitrogen and oxygen atoms in total. The van der Waals surface area contributed by atoms with Crippen molar-refractivity contribution >= 4 is 5.91 Å². The minimum absolute atomic E-state index is 0.456. The number of hydrogen-bond acceptors (Lipinski definition) is 3. The lowest BCUT2D eigenvalue weighted by Gasteiger charge is -2.16. The van der Waals surface area contributed by atoms with Crippen molar-refractivity contribution in [1.82, 2.24) is 5.48 Å². The highest BCUT2D eigenvalue weighted by Gasteiger charge is 2.16. The molecule has 11 heavy (non-hydrogen) atoms. The van der Waals surface area contributed by atoms with Crippen LogP contribution in [-0.2, 0) is 9.53 Å². The van der Waals surface area contributed by atoms with Crippen molar-refractivity contribution in [3.63, 3.8) is 0 Å². The average Bonchev–Trinajstić information content (AvgIpc) is 2.04. The zero-order chi connectivity index (χ0) is 8.27. The first-order valence-corrected chi connectivity index (χ1v) is 3.52. The van der Waals surface area contributed by atoms with Crippen LogP contribution in [0.4, 0.5) is 0 Å². The molecule has 1 amide bonds. The van der Waals surface area contributed by atoms with Gasteiger partial charge in [-0.2, -0.15) is 0 Å². The molecular weight excluding hydrogens is 146 g/mol. The normalized spacial score (nSPS) is 17.6. The molecule has 2 N–H and O–H groups in total. The third kappa shape index (κ3) is 1.71. The van der Waals surface area contributed by atoms with Crippen LogP contribution in [0.2, 0.25) is 0 Å². The Morgan fingerprint density at radius 3 is 3.00 bits per heavy atom. The molecule has 0 saturated heterocycles. The van der Waals surface area contributed by atoms with Gasteiger partial charge < -0.3 is 4.74 Å². The van der Waals surface area contributed by atoms with Crippen LogP contribution in [0.15, 0.2) is 11.3 Å². The number of nitrogens with one attached hydrogen (secondary N) is 1. The largest absolute Gasteiger partial charge is 0.498 e. The van der Waals surface area contributed by atoms with Gasteiger partial charge in [0.1, 0.15) is 5.76 Å². The van der Waals surface area contributed by atoms with Crippen LogP contribution in [0.3, 0.4) is 0 Å². The fourth-order valence-electron chi connectivity index (χ4n) is 1.08. The van der Waals surface area contributed by atoms with Crippen LogP contribution in [-0.4, -0.2) is 17.7 Å². The minimum atomic E-state index is -0.456. The first kappa shape index (κ1) is 8.07. The van der Waals surface area contributed by atoms with Crippen molar-refractivity contribution in [1.29, 1.82) is 0 Å². The smallest absolute Gasteiger partial charge is 0.273 e. The van der Waals surface area contributed by atoms with Crippen LogP contribution in [0.25, 0.3) is 0 Å². The molecule has 62 valence electrons. The van der Waals surface area contributed by atoms with Gasteiger partial charge in [-0.15, -0.1) is 0 Å². The Kier molecular flexibility index (Phi) is 2.48. The lowest BCUT2D eigenvalue weighted by Crippen LogP contribution is -2.24. The maximum absolute atomic E-state index is 10.9. The Morgan fingerprint density at radius 1 is 1.73 bits per heavy atom. The minimum Gasteiger partial charge on any atom is -0.498 e. The van der Waals surface area contributed by atoms with E-state index in [1.54, 1.807) is 12.4 Å². The second-order valence-electron chi connectivity index (χ2n) is 2.43. The standard InChI is InChI=1S/C7H11NO3/c1-5-6(7(9)8-10)3-2-4-11-5/h10H,2-4H2,1H3,(H,8,9). The SMILES string of the molecule is CC1=C(C(=O)NO)CCCO1. The van der Waals surface area contributed by atoms with Crippen molar-refractivity contribution in [2.45, 2.75) is 19.8 Å². The van der Waals surface area contributed by atoms with Gasteiger partial charge in [0.2, 0.25) is 0 Å². The Hall–Kier alpha value is -1.03. The molecule has 1 aliphatic rings. The first-order valence-electron chi connectivity index (χ1n) is 3.52. The summed E-state index contributed by atoms with van der Waals surface area (Å²) < 4.78 is 5.12. The van der Waals surface area contributed by atoms with E-state index in [9.17, 15) is 4.79 Å². The molecule has 1 aliphatic heterocycles. The molecule has 0 atom stereocenters. The predicted molar refractivity (Wildman–Crippen MR) is 37.8 cm³/mol. The molecule has 0 aromatic carbocycles. The summed E-state index contributed by atoms with van der Waals surface area (Å²) in [5.74, 6) is 0.157. The highest BCUT2D eigenvalue weighted by atomic mass is 16.5. The number of allylic oxidation sites excluding steroid dienone is 1. The fourth-order valence-corrected chi connectivity index (χ4v) is 1.08. The zero-order valence-corrected chi connectivity index (χ0v) is 6.39. The van der Waals surface area contributed by atoms with E-state index in [2.05, 4.69) is 0 Å². The maximum Gasteiger partial charge on any atom is 0.273 e. The van der Waals surface area contributed by atoms with Crippen LogP contribution in [0, 0.1) is 0 Å². The number of rotatable bonds is 1. The number of amides is 1. The Bertz CT molecular complexity index is 198. The lowest BCUT2D eigenvalue weighted by atomic mass is 10.1. The summed E-state index contributed by atoms with van der Waals surface area (Å²) in [6.45, 7) is 2.39. The second-order valence-corrected chi connectivity index (χ2v) is 2.43. The van der Waals surface area contributed by atoms with Gasteiger partial charge in [-0.3, -0.25) is 10.0 Å². The number of carbonyl (C=O) groups excluding carboxylic acids is 1. The second kappa shape index (κ2) is 3.39. The zero-order valence-electron chi connectivity index (χ0n) is 6.39. The predicted octanol–water partition coefficient (Wildman–Crippen LogP) is 0.576. The fraction of sp³-hybridized carbons (Fsp3) is 0.571. The molecule has 0 bridgehead atoms. The molecule has 1 heterocycles. The quantitative estimate of drug-likeness (QED) is 0.432. The molecule has 0 unspecified atom stereocenters. The van der Waals surface area contributed by atoms with Crippen molar-refractivity contribution in [2.75, 3.05) is 6.61 Å². The van der Waals surface area contributed by atoms with Crippen molar-refractivity contribution in [3.8, 4) is 0 Å². The Balaban J connectivity index is 2.74. The van der Waals surface area contributed by atoms with Crippen LogP contribution >= 0.6 is 0 Å². The topological polar surface area (TPSA) is 58.6 Å². The van der Waals surface area contributed by atoms with E-state index < -0.39 is 5.91 Å². The third-order valence-electron chi connectivity index (χ3n) is 1.69. The summed E-state index contributed by atoms with van der Waals surface area (Å²) in [7, 11) is 0. The van der Waals surface area contributed by atoms with E-state index in [1.165, 1.54) is 0 Å². The molecule has 0 aliphatic carbocycles. The Morgan fingerprint density at radius 2 is 2.45 bits per heavy atom. The van der Waals surface area contributed by atoms with E-state index in [0.717, 1.165) is 6.42 Å². The highest BCUT2D eigenvalue weighted by Crippen LogP contribution is 2.18. The average molecular weight is 157 g/mol. The molecular formula is C7H11NO3. The van der Waals surface area contributed by atoms with Gasteiger partial charge in [0.15, 0.2) is 0 Å². The van der Waals surface area contributed by atoms with E-state index in [4.69, 9.17) is 9.94 Å². The summed E-state index contributed by atoms with van der Waals surface area (Å²) in [5, 5.41) is 8.32. The molecule has 0 radical (unpaired) electrons. The monoisotopic (exact) mass is 157 g/mol. The van der Waals surface area contributed by atoms with Gasteiger partial charge in [-0.1, -0.05) is 0 Å². The molecule has 0 spiro atoms. The molecule has 1 rings (SSSR count). The third-order valence-corrected chi connectivity index (χ3v) is 1.69. The maximum atomic E-state index is 10.9. The van der Waals surface area contributed by atoms with Crippen molar-refractivity contribution in [3.05, 3.63) is 11.3 Å². The van der Waals surface area contributed by atoms with Gasteiger partial charge in [0.25, 0.3) is 5.91 Å². The number of carbonyl (C=O) groups is 1. The molecule has 0 saturated carbocycles. The van der Waals surface area contributed by atoms with Gasteiger partial charge in [0, 0.05) is 0 Å². The summed E-state index contributed by atoms with van der Waals surface area (Å²) in [6.07, 6.45) is 1.51. The number of hydrogen-bond donors (Lipinski definition) is 2. The summed E-state index contributed by atoms with van der Waals surface area (Å²) in [6, 6.07) is 0. The molecule has 0 aromatic rings. The lowest BCUT2D eigenvalue weighted by molar-refractivity contribution is -0.125. The molecule has 0 aromatic heterocycles. The van der Waals surface area contributed by atoms with Crippen LogP contribution in [0.1, 0.15) is 19.8 Å². The highest BCUT2D eigenvalue weighted by molar-refractivity contribution is 5.92. The van der Waals surface area contributed by atoms with Crippen LogP contribution in [0.5, 0.6) is 0 Å². The summed E-state index contributed by atoms with van der Waals surface area (Å²) in [5.41, 5.74) is 2.13. The van der Waals surface area contributed by atoms with E-state index >= 15 is 0 Å². The van der Waals surface area contributed by atoms with E-state index in [-0.39, 0.29) is 0 Å².